The van der Waals surface area contributed by atoms with Gasteiger partial charge < -0.3 is 34.2 Å². The van der Waals surface area contributed by atoms with Crippen molar-refractivity contribution in [3.05, 3.63) is 109 Å². The van der Waals surface area contributed by atoms with Gasteiger partial charge in [-0.2, -0.15) is 0 Å². The zero-order valence-corrected chi connectivity index (χ0v) is 69.8. The molecule has 0 rings (SSSR count). The van der Waals surface area contributed by atoms with Crippen LogP contribution in [0.25, 0.3) is 0 Å². The number of carbonyl (C=O) groups excluding carboxylic acids is 3. The van der Waals surface area contributed by atoms with Gasteiger partial charge in [-0.15, -0.1) is 0 Å². The predicted molar refractivity (Wildman–Crippen MR) is 445 cm³/mol. The molecule has 0 fully saturated rings. The van der Waals surface area contributed by atoms with Crippen LogP contribution in [0, 0.1) is 0 Å². The van der Waals surface area contributed by atoms with Gasteiger partial charge >= 0.3 is 33.6 Å². The second kappa shape index (κ2) is 81.7. The Hall–Kier alpha value is -3.79. The minimum atomic E-state index is -4.93. The van der Waals surface area contributed by atoms with E-state index in [-0.39, 0.29) is 19.3 Å². The highest BCUT2D eigenvalue weighted by molar-refractivity contribution is 7.47. The topological polar surface area (TPSA) is 231 Å². The van der Waals surface area contributed by atoms with E-state index in [1.54, 1.807) is 0 Å². The second-order valence-electron chi connectivity index (χ2n) is 29.0. The zero-order chi connectivity index (χ0) is 78.0. The van der Waals surface area contributed by atoms with Gasteiger partial charge in [-0.1, -0.05) is 361 Å². The van der Waals surface area contributed by atoms with Crippen molar-refractivity contribution in [3.8, 4) is 0 Å². The number of rotatable bonds is 82. The van der Waals surface area contributed by atoms with E-state index in [9.17, 15) is 43.5 Å². The summed E-state index contributed by atoms with van der Waals surface area (Å²) in [6, 6.07) is 0. The van der Waals surface area contributed by atoms with E-state index in [2.05, 4.69) is 130 Å². The summed E-state index contributed by atoms with van der Waals surface area (Å²) >= 11 is 0. The first-order valence-corrected chi connectivity index (χ1v) is 46.2. The van der Waals surface area contributed by atoms with Crippen molar-refractivity contribution >= 4 is 33.6 Å². The van der Waals surface area contributed by atoms with Crippen LogP contribution in [0.2, 0.25) is 0 Å². The highest BCUT2D eigenvalue weighted by Gasteiger charge is 2.29. The number of hydrogen-bond donors (Lipinski definition) is 4. The molecule has 18 heteroatoms. The van der Waals surface area contributed by atoms with E-state index in [0.29, 0.717) is 19.3 Å². The number of esters is 3. The van der Waals surface area contributed by atoms with E-state index < -0.39 is 91.5 Å². The van der Waals surface area contributed by atoms with Crippen molar-refractivity contribution in [1.82, 2.24) is 0 Å². The van der Waals surface area contributed by atoms with Crippen molar-refractivity contribution in [2.75, 3.05) is 39.6 Å². The van der Waals surface area contributed by atoms with E-state index in [1.807, 2.05) is 0 Å². The fraction of sp³-hybridized carbons (Fsp3) is 0.764. The molecule has 0 aromatic carbocycles. The molecule has 620 valence electrons. The Kier molecular flexibility index (Phi) is 78.8. The molecule has 107 heavy (non-hydrogen) atoms. The molecule has 0 aromatic heterocycles. The standard InChI is InChI=1S/C89H158O16P2/c1-4-7-10-13-16-19-22-24-26-28-30-32-34-36-37-38-39-40-41-42-43-44-45-47-49-50-52-54-56-58-61-63-66-69-72-75-87(92)99-78-84(90)79-101-106(95,96)102-80-85(91)81-103-107(97,98)104-83-86(105-89(94)77-74-71-68-65-60-21-18-15-12-9-6-3)82-100-88(93)76-73-70-67-64-62-59-57-55-53-51-48-46-35-33-31-29-27-25-23-20-17-14-11-8-5-2/h7,10,16-17,19-20,24-27,30-33,36-37,46,48,84-86,90-91H,4-6,8-9,11-15,18,21-23,28-29,34-35,38-45,47,49-83H2,1-3H3,(H,95,96)(H,97,98)/b10-7-,19-16-,20-17-,26-24-,27-25-,32-30-,33-31-,37-36-,48-46-. The van der Waals surface area contributed by atoms with Gasteiger partial charge in [-0.25, -0.2) is 9.13 Å². The number of aliphatic hydroxyl groups is 2. The summed E-state index contributed by atoms with van der Waals surface area (Å²) in [6.07, 6.45) is 97.4. The molecule has 0 amide bonds. The summed E-state index contributed by atoms with van der Waals surface area (Å²) in [7, 11) is -9.78. The van der Waals surface area contributed by atoms with E-state index in [0.717, 1.165) is 128 Å². The molecule has 5 atom stereocenters. The van der Waals surface area contributed by atoms with Crippen LogP contribution in [-0.2, 0) is 55.8 Å². The maximum absolute atomic E-state index is 12.9. The lowest BCUT2D eigenvalue weighted by molar-refractivity contribution is -0.161. The maximum atomic E-state index is 12.9. The third kappa shape index (κ3) is 83.0. The largest absolute Gasteiger partial charge is 0.472 e. The highest BCUT2D eigenvalue weighted by Crippen LogP contribution is 2.45. The lowest BCUT2D eigenvalue weighted by Gasteiger charge is -2.21. The minimum Gasteiger partial charge on any atom is -0.463 e. The summed E-state index contributed by atoms with van der Waals surface area (Å²) < 4.78 is 61.2. The first-order valence-electron chi connectivity index (χ1n) is 43.2. The van der Waals surface area contributed by atoms with E-state index in [4.69, 9.17) is 32.3 Å². The van der Waals surface area contributed by atoms with Gasteiger partial charge in [0.2, 0.25) is 0 Å². The molecule has 4 N–H and O–H groups in total. The Morgan fingerprint density at radius 3 is 0.804 bits per heavy atom. The molecular weight excluding hydrogens is 1390 g/mol. The number of unbranched alkanes of at least 4 members (excludes halogenated alkanes) is 41. The summed E-state index contributed by atoms with van der Waals surface area (Å²) in [5, 5.41) is 20.7. The average molecular weight is 1550 g/mol. The van der Waals surface area contributed by atoms with E-state index >= 15 is 0 Å². The number of phosphoric ester groups is 2. The van der Waals surface area contributed by atoms with Crippen molar-refractivity contribution in [1.29, 1.82) is 0 Å². The fourth-order valence-electron chi connectivity index (χ4n) is 11.9. The average Bonchev–Trinajstić information content (AvgIpc) is 0.903. The first kappa shape index (κ1) is 103. The van der Waals surface area contributed by atoms with Crippen LogP contribution in [0.1, 0.15) is 380 Å². The normalized spacial score (nSPS) is 14.4. The van der Waals surface area contributed by atoms with Crippen LogP contribution in [0.15, 0.2) is 109 Å². The molecule has 0 aliphatic carbocycles. The van der Waals surface area contributed by atoms with Gasteiger partial charge in [0.1, 0.15) is 25.4 Å². The number of ether oxygens (including phenoxy) is 3. The highest BCUT2D eigenvalue weighted by atomic mass is 31.2. The number of phosphoric acid groups is 2. The third-order valence-corrected chi connectivity index (χ3v) is 20.4. The Morgan fingerprint density at radius 1 is 0.271 bits per heavy atom. The molecule has 0 aliphatic rings. The number of aliphatic hydroxyl groups excluding tert-OH is 2. The maximum Gasteiger partial charge on any atom is 0.472 e. The number of allylic oxidation sites excluding steroid dienone is 18. The molecule has 5 unspecified atom stereocenters. The molecule has 0 saturated carbocycles. The number of carbonyl (C=O) groups is 3. The molecule has 0 spiro atoms. The van der Waals surface area contributed by atoms with Crippen molar-refractivity contribution in [2.45, 2.75) is 399 Å². The quantitative estimate of drug-likeness (QED) is 0.0146. The van der Waals surface area contributed by atoms with Gasteiger partial charge in [0, 0.05) is 19.3 Å². The fourth-order valence-corrected chi connectivity index (χ4v) is 13.5. The lowest BCUT2D eigenvalue weighted by atomic mass is 10.0. The van der Waals surface area contributed by atoms with Crippen molar-refractivity contribution in [3.63, 3.8) is 0 Å². The Bertz CT molecular complexity index is 2380. The monoisotopic (exact) mass is 1550 g/mol. The van der Waals surface area contributed by atoms with Crippen molar-refractivity contribution in [2.24, 2.45) is 0 Å². The second-order valence-corrected chi connectivity index (χ2v) is 31.9. The van der Waals surface area contributed by atoms with Crippen LogP contribution < -0.4 is 0 Å². The molecular formula is C89H158O16P2. The Balaban J connectivity index is 4.33. The lowest BCUT2D eigenvalue weighted by Crippen LogP contribution is -2.30. The van der Waals surface area contributed by atoms with Crippen LogP contribution in [-0.4, -0.2) is 95.9 Å². The van der Waals surface area contributed by atoms with E-state index in [1.165, 1.54) is 193 Å². The molecule has 0 bridgehead atoms. The smallest absolute Gasteiger partial charge is 0.463 e. The molecule has 16 nitrogen and oxygen atoms in total. The van der Waals surface area contributed by atoms with Gasteiger partial charge in [0.05, 0.1) is 26.4 Å². The van der Waals surface area contributed by atoms with Crippen LogP contribution in [0.4, 0.5) is 0 Å². The Labute approximate surface area is 653 Å². The summed E-state index contributed by atoms with van der Waals surface area (Å²) in [6.45, 7) is 2.57. The molecule has 0 aromatic rings. The molecule has 0 radical (unpaired) electrons. The zero-order valence-electron chi connectivity index (χ0n) is 68.0. The third-order valence-electron chi connectivity index (χ3n) is 18.5. The first-order chi connectivity index (χ1) is 52.2. The van der Waals surface area contributed by atoms with Crippen molar-refractivity contribution < 1.29 is 75.8 Å². The SMILES string of the molecule is CC/C=C\C/C=C\C/C=C\C/C=C\C/C=C\CCCCCCCCCCCCCCCCCCCCCC(=O)OCC(O)COP(=O)(O)OCC(O)COP(=O)(O)OCC(COC(=O)CCCCCCCCCCC/C=C\C/C=C\C/C=C\C/C=C\CCCCC)OC(=O)CCCCCCCCCCCCC. The van der Waals surface area contributed by atoms with Crippen LogP contribution in [0.3, 0.4) is 0 Å². The number of hydrogen-bond acceptors (Lipinski definition) is 14. The summed E-state index contributed by atoms with van der Waals surface area (Å²) in [4.78, 5) is 58.7. The minimum absolute atomic E-state index is 0.107. The summed E-state index contributed by atoms with van der Waals surface area (Å²) in [5.74, 6) is -1.56. The molecule has 0 aliphatic heterocycles. The predicted octanol–water partition coefficient (Wildman–Crippen LogP) is 25.9. The Morgan fingerprint density at radius 2 is 0.495 bits per heavy atom. The van der Waals surface area contributed by atoms with Gasteiger partial charge in [0.15, 0.2) is 6.10 Å². The molecule has 0 saturated heterocycles. The van der Waals surface area contributed by atoms with Gasteiger partial charge in [-0.3, -0.25) is 32.5 Å². The van der Waals surface area contributed by atoms with Crippen LogP contribution in [0.5, 0.6) is 0 Å². The summed E-state index contributed by atoms with van der Waals surface area (Å²) in [5.41, 5.74) is 0. The van der Waals surface area contributed by atoms with Crippen LogP contribution >= 0.6 is 15.6 Å². The van der Waals surface area contributed by atoms with Gasteiger partial charge in [-0.05, 0) is 109 Å². The molecule has 0 heterocycles. The van der Waals surface area contributed by atoms with Gasteiger partial charge in [0.25, 0.3) is 0 Å².